The molecule has 2 aromatic rings. The Balaban J connectivity index is 2.06. The zero-order valence-electron chi connectivity index (χ0n) is 14.2. The second-order valence-electron chi connectivity index (χ2n) is 6.47. The Bertz CT molecular complexity index is 1050. The van der Waals surface area contributed by atoms with Crippen molar-refractivity contribution in [1.82, 2.24) is 10.3 Å². The van der Waals surface area contributed by atoms with Gasteiger partial charge in [-0.3, -0.25) is 9.79 Å². The van der Waals surface area contributed by atoms with Crippen LogP contribution in [0.2, 0.25) is 0 Å². The topological polar surface area (TPSA) is 78.1 Å². The van der Waals surface area contributed by atoms with Crippen LogP contribution in [0.5, 0.6) is 0 Å². The SMILES string of the molecule is CN=C1NC(=O)C2(CCc3c(C#N)cccc32)c2nc(C(F)(F)F)ccc21. The Labute approximate surface area is 152 Å². The van der Waals surface area contributed by atoms with Crippen LogP contribution >= 0.6 is 0 Å². The highest BCUT2D eigenvalue weighted by Crippen LogP contribution is 2.48. The molecule has 1 amide bonds. The number of hydrogen-bond acceptors (Lipinski definition) is 4. The van der Waals surface area contributed by atoms with E-state index in [0.29, 0.717) is 28.7 Å². The first-order valence-corrected chi connectivity index (χ1v) is 8.22. The van der Waals surface area contributed by atoms with Gasteiger partial charge in [-0.05, 0) is 42.2 Å². The Morgan fingerprint density at radius 1 is 1.30 bits per heavy atom. The summed E-state index contributed by atoms with van der Waals surface area (Å²) < 4.78 is 39.9. The molecule has 136 valence electrons. The minimum Gasteiger partial charge on any atom is -0.309 e. The number of fused-ring (bicyclic) bond motifs is 4. The normalized spacial score (nSPS) is 22.3. The molecule has 1 aromatic heterocycles. The summed E-state index contributed by atoms with van der Waals surface area (Å²) >= 11 is 0. The largest absolute Gasteiger partial charge is 0.433 e. The average molecular weight is 370 g/mol. The average Bonchev–Trinajstić information content (AvgIpc) is 3.04. The second kappa shape index (κ2) is 5.64. The lowest BCUT2D eigenvalue weighted by atomic mass is 9.73. The standard InChI is InChI=1S/C19H13F3N4O/c1-24-16-12-5-6-14(19(20,21)22)25-15(12)18(17(27)26-16)8-7-11-10(9-23)3-2-4-13(11)18/h2-6H,7-8H2,1H3,(H,24,26,27). The molecule has 1 unspecified atom stereocenters. The number of nitrogens with one attached hydrogen (secondary N) is 1. The molecule has 1 aliphatic heterocycles. The molecule has 27 heavy (non-hydrogen) atoms. The van der Waals surface area contributed by atoms with E-state index in [0.717, 1.165) is 6.07 Å². The van der Waals surface area contributed by atoms with Crippen LogP contribution in [0.1, 0.15) is 40.1 Å². The van der Waals surface area contributed by atoms with Gasteiger partial charge in [0.1, 0.15) is 16.9 Å². The van der Waals surface area contributed by atoms with Crippen molar-refractivity contribution < 1.29 is 18.0 Å². The van der Waals surface area contributed by atoms with Crippen molar-refractivity contribution in [3.8, 4) is 6.07 Å². The first-order valence-electron chi connectivity index (χ1n) is 8.22. The summed E-state index contributed by atoms with van der Waals surface area (Å²) in [5, 5.41) is 12.0. The number of nitrogens with zero attached hydrogens (tertiary/aromatic N) is 3. The predicted molar refractivity (Wildman–Crippen MR) is 90.1 cm³/mol. The van der Waals surface area contributed by atoms with Gasteiger partial charge >= 0.3 is 6.18 Å². The van der Waals surface area contributed by atoms with E-state index in [4.69, 9.17) is 0 Å². The van der Waals surface area contributed by atoms with E-state index < -0.39 is 23.2 Å². The van der Waals surface area contributed by atoms with Crippen molar-refractivity contribution in [2.75, 3.05) is 7.05 Å². The van der Waals surface area contributed by atoms with Gasteiger partial charge in [0.25, 0.3) is 0 Å². The number of amides is 1. The molecule has 1 atom stereocenters. The number of aromatic nitrogens is 1. The lowest BCUT2D eigenvalue weighted by Gasteiger charge is -2.35. The molecule has 4 rings (SSSR count). The molecule has 1 spiro atoms. The Kier molecular flexibility index (Phi) is 3.60. The van der Waals surface area contributed by atoms with Crippen molar-refractivity contribution >= 4 is 11.7 Å². The van der Waals surface area contributed by atoms with Crippen LogP contribution in [-0.2, 0) is 22.8 Å². The smallest absolute Gasteiger partial charge is 0.309 e. The number of alkyl halides is 3. The van der Waals surface area contributed by atoms with E-state index in [1.54, 1.807) is 18.2 Å². The Hall–Kier alpha value is -3.21. The van der Waals surface area contributed by atoms with E-state index in [2.05, 4.69) is 21.4 Å². The number of amidine groups is 1. The minimum atomic E-state index is -4.64. The molecule has 0 saturated carbocycles. The van der Waals surface area contributed by atoms with Gasteiger partial charge in [-0.1, -0.05) is 12.1 Å². The lowest BCUT2D eigenvalue weighted by molar-refractivity contribution is -0.141. The highest BCUT2D eigenvalue weighted by Gasteiger charge is 2.53. The fourth-order valence-corrected chi connectivity index (χ4v) is 3.99. The molecule has 2 aliphatic rings. The number of aliphatic imine (C=N–C) groups is 1. The van der Waals surface area contributed by atoms with Crippen LogP contribution in [0.15, 0.2) is 35.3 Å². The number of halogens is 3. The molecule has 0 radical (unpaired) electrons. The van der Waals surface area contributed by atoms with Crippen molar-refractivity contribution in [2.45, 2.75) is 24.4 Å². The molecule has 2 heterocycles. The maximum Gasteiger partial charge on any atom is 0.433 e. The number of nitriles is 1. The lowest BCUT2D eigenvalue weighted by Crippen LogP contribution is -2.52. The third-order valence-corrected chi connectivity index (χ3v) is 5.19. The summed E-state index contributed by atoms with van der Waals surface area (Å²) in [6.07, 6.45) is -3.99. The molecular weight excluding hydrogens is 357 g/mol. The van der Waals surface area contributed by atoms with Crippen LogP contribution in [0.3, 0.4) is 0 Å². The summed E-state index contributed by atoms with van der Waals surface area (Å²) in [5.74, 6) is -0.289. The summed E-state index contributed by atoms with van der Waals surface area (Å²) in [6, 6.07) is 9.22. The van der Waals surface area contributed by atoms with E-state index in [-0.39, 0.29) is 18.0 Å². The third-order valence-electron chi connectivity index (χ3n) is 5.19. The van der Waals surface area contributed by atoms with Crippen molar-refractivity contribution in [3.05, 3.63) is 64.0 Å². The summed E-state index contributed by atoms with van der Waals surface area (Å²) in [4.78, 5) is 20.9. The Morgan fingerprint density at radius 3 is 2.74 bits per heavy atom. The number of rotatable bonds is 0. The molecule has 0 saturated heterocycles. The first kappa shape index (κ1) is 17.2. The van der Waals surface area contributed by atoms with Gasteiger partial charge in [0, 0.05) is 12.6 Å². The summed E-state index contributed by atoms with van der Waals surface area (Å²) in [5.41, 5.74) is -0.404. The zero-order valence-corrected chi connectivity index (χ0v) is 14.2. The van der Waals surface area contributed by atoms with Gasteiger partial charge in [-0.2, -0.15) is 18.4 Å². The molecule has 8 heteroatoms. The number of benzene rings is 1. The van der Waals surface area contributed by atoms with Crippen LogP contribution < -0.4 is 5.32 Å². The monoisotopic (exact) mass is 370 g/mol. The molecule has 1 aliphatic carbocycles. The number of hydrogen-bond donors (Lipinski definition) is 1. The molecule has 1 N–H and O–H groups in total. The predicted octanol–water partition coefficient (Wildman–Crippen LogP) is 2.71. The molecule has 1 aromatic carbocycles. The maximum atomic E-state index is 13.3. The van der Waals surface area contributed by atoms with Gasteiger partial charge in [-0.25, -0.2) is 4.98 Å². The van der Waals surface area contributed by atoms with E-state index >= 15 is 0 Å². The van der Waals surface area contributed by atoms with Crippen molar-refractivity contribution in [1.29, 1.82) is 5.26 Å². The number of carbonyl (C=O) groups is 1. The van der Waals surface area contributed by atoms with Crippen LogP contribution in [0.4, 0.5) is 13.2 Å². The van der Waals surface area contributed by atoms with E-state index in [1.165, 1.54) is 13.1 Å². The summed E-state index contributed by atoms with van der Waals surface area (Å²) in [6.45, 7) is 0. The molecular formula is C19H13F3N4O. The number of pyridine rings is 1. The van der Waals surface area contributed by atoms with Gasteiger partial charge < -0.3 is 5.32 Å². The van der Waals surface area contributed by atoms with Crippen molar-refractivity contribution in [2.24, 2.45) is 4.99 Å². The van der Waals surface area contributed by atoms with E-state index in [1.807, 2.05) is 0 Å². The van der Waals surface area contributed by atoms with Crippen LogP contribution in [-0.4, -0.2) is 23.8 Å². The quantitative estimate of drug-likeness (QED) is 0.775. The zero-order chi connectivity index (χ0) is 19.4. The molecule has 5 nitrogen and oxygen atoms in total. The number of carbonyl (C=O) groups excluding carboxylic acids is 1. The first-order chi connectivity index (χ1) is 12.8. The second-order valence-corrected chi connectivity index (χ2v) is 6.47. The summed E-state index contributed by atoms with van der Waals surface area (Å²) in [7, 11) is 1.45. The van der Waals surface area contributed by atoms with Crippen LogP contribution in [0.25, 0.3) is 0 Å². The minimum absolute atomic E-state index is 0.0375. The molecule has 0 fully saturated rings. The van der Waals surface area contributed by atoms with Gasteiger partial charge in [0.2, 0.25) is 5.91 Å². The highest BCUT2D eigenvalue weighted by atomic mass is 19.4. The maximum absolute atomic E-state index is 13.3. The molecule has 0 bridgehead atoms. The van der Waals surface area contributed by atoms with Crippen molar-refractivity contribution in [3.63, 3.8) is 0 Å². The Morgan fingerprint density at radius 2 is 2.07 bits per heavy atom. The van der Waals surface area contributed by atoms with Crippen LogP contribution in [0, 0.1) is 11.3 Å². The fraction of sp³-hybridized carbons (Fsp3) is 0.263. The van der Waals surface area contributed by atoms with Gasteiger partial charge in [-0.15, -0.1) is 0 Å². The van der Waals surface area contributed by atoms with E-state index in [9.17, 15) is 23.2 Å². The van der Waals surface area contributed by atoms with Gasteiger partial charge in [0.15, 0.2) is 0 Å². The fourth-order valence-electron chi connectivity index (χ4n) is 3.99. The third kappa shape index (κ3) is 2.28. The highest BCUT2D eigenvalue weighted by molar-refractivity contribution is 6.16. The van der Waals surface area contributed by atoms with Gasteiger partial charge in [0.05, 0.1) is 17.3 Å².